The van der Waals surface area contributed by atoms with Crippen LogP contribution in [0.5, 0.6) is 0 Å². The normalized spacial score (nSPS) is 11.4. The summed E-state index contributed by atoms with van der Waals surface area (Å²) in [4.78, 5) is 0. The van der Waals surface area contributed by atoms with Gasteiger partial charge in [-0.05, 0) is 47.6 Å². The second-order valence-electron chi connectivity index (χ2n) is 5.27. The smallest absolute Gasteiger partial charge is 0.166 e. The van der Waals surface area contributed by atoms with E-state index in [1.165, 1.54) is 11.6 Å². The first-order valence-corrected chi connectivity index (χ1v) is 7.27. The third kappa shape index (κ3) is 2.77. The Balaban J connectivity index is 1.98. The van der Waals surface area contributed by atoms with E-state index in [9.17, 15) is 8.78 Å². The standard InChI is InChI=1S/C20H16F2/c1-2-3-4-14-5-7-15(8-6-14)16-9-11-18-17(13-16)10-12-19(21)20(18)22/h2-3,5-13H,4H2,1H3. The van der Waals surface area contributed by atoms with Crippen LogP contribution in [0, 0.1) is 11.6 Å². The van der Waals surface area contributed by atoms with Crippen LogP contribution >= 0.6 is 0 Å². The summed E-state index contributed by atoms with van der Waals surface area (Å²) in [6, 6.07) is 16.4. The Bertz CT molecular complexity index is 830. The van der Waals surface area contributed by atoms with Crippen LogP contribution in [-0.4, -0.2) is 0 Å². The average Bonchev–Trinajstić information content (AvgIpc) is 2.56. The van der Waals surface area contributed by atoms with Crippen molar-refractivity contribution < 1.29 is 8.78 Å². The molecule has 0 aliphatic carbocycles. The molecule has 0 aromatic heterocycles. The zero-order valence-electron chi connectivity index (χ0n) is 12.3. The molecular weight excluding hydrogens is 278 g/mol. The maximum Gasteiger partial charge on any atom is 0.166 e. The lowest BCUT2D eigenvalue weighted by Crippen LogP contribution is -1.87. The monoisotopic (exact) mass is 294 g/mol. The van der Waals surface area contributed by atoms with E-state index in [2.05, 4.69) is 30.3 Å². The maximum atomic E-state index is 13.7. The predicted octanol–water partition coefficient (Wildman–Crippen LogP) is 5.90. The fourth-order valence-corrected chi connectivity index (χ4v) is 2.53. The third-order valence-electron chi connectivity index (χ3n) is 3.78. The molecule has 0 saturated heterocycles. The summed E-state index contributed by atoms with van der Waals surface area (Å²) in [5, 5.41) is 1.02. The minimum Gasteiger partial charge on any atom is -0.204 e. The van der Waals surface area contributed by atoms with Crippen LogP contribution in [0.25, 0.3) is 21.9 Å². The Kier molecular flexibility index (Phi) is 4.01. The molecular formula is C20H16F2. The van der Waals surface area contributed by atoms with Crippen molar-refractivity contribution >= 4 is 10.8 Å². The van der Waals surface area contributed by atoms with E-state index in [4.69, 9.17) is 0 Å². The van der Waals surface area contributed by atoms with Crippen LogP contribution < -0.4 is 0 Å². The first kappa shape index (κ1) is 14.5. The fraction of sp³-hybridized carbons (Fsp3) is 0.100. The van der Waals surface area contributed by atoms with Crippen LogP contribution in [0.4, 0.5) is 8.78 Å². The van der Waals surface area contributed by atoms with Crippen molar-refractivity contribution in [3.05, 3.63) is 83.9 Å². The zero-order chi connectivity index (χ0) is 15.5. The number of halogens is 2. The van der Waals surface area contributed by atoms with E-state index in [0.29, 0.717) is 10.8 Å². The van der Waals surface area contributed by atoms with Crippen molar-refractivity contribution in [3.63, 3.8) is 0 Å². The SMILES string of the molecule is CC=CCc1ccc(-c2ccc3c(F)c(F)ccc3c2)cc1. The molecule has 22 heavy (non-hydrogen) atoms. The quantitative estimate of drug-likeness (QED) is 0.527. The molecule has 3 aromatic rings. The van der Waals surface area contributed by atoms with Crippen molar-refractivity contribution in [1.82, 2.24) is 0 Å². The lowest BCUT2D eigenvalue weighted by molar-refractivity contribution is 0.517. The van der Waals surface area contributed by atoms with Crippen LogP contribution in [0.15, 0.2) is 66.7 Å². The van der Waals surface area contributed by atoms with Crippen LogP contribution in [-0.2, 0) is 6.42 Å². The van der Waals surface area contributed by atoms with E-state index < -0.39 is 11.6 Å². The van der Waals surface area contributed by atoms with Gasteiger partial charge in [-0.15, -0.1) is 0 Å². The van der Waals surface area contributed by atoms with E-state index in [1.807, 2.05) is 25.1 Å². The molecule has 0 atom stereocenters. The molecule has 0 fully saturated rings. The van der Waals surface area contributed by atoms with Crippen LogP contribution in [0.2, 0.25) is 0 Å². The number of fused-ring (bicyclic) bond motifs is 1. The lowest BCUT2D eigenvalue weighted by atomic mass is 9.99. The molecule has 0 saturated carbocycles. The molecule has 0 amide bonds. The van der Waals surface area contributed by atoms with Gasteiger partial charge < -0.3 is 0 Å². The number of benzene rings is 3. The second kappa shape index (κ2) is 6.10. The number of hydrogen-bond donors (Lipinski definition) is 0. The molecule has 0 aliphatic heterocycles. The molecule has 3 rings (SSSR count). The van der Waals surface area contributed by atoms with Crippen LogP contribution in [0.1, 0.15) is 12.5 Å². The summed E-state index contributed by atoms with van der Waals surface area (Å²) in [7, 11) is 0. The molecule has 0 unspecified atom stereocenters. The Morgan fingerprint density at radius 2 is 1.59 bits per heavy atom. The van der Waals surface area contributed by atoms with Crippen molar-refractivity contribution in [3.8, 4) is 11.1 Å². The van der Waals surface area contributed by atoms with Gasteiger partial charge in [0, 0.05) is 5.39 Å². The number of rotatable bonds is 3. The summed E-state index contributed by atoms with van der Waals surface area (Å²) >= 11 is 0. The van der Waals surface area contributed by atoms with E-state index >= 15 is 0 Å². The molecule has 0 heterocycles. The van der Waals surface area contributed by atoms with E-state index in [0.717, 1.165) is 17.5 Å². The van der Waals surface area contributed by atoms with Crippen LogP contribution in [0.3, 0.4) is 0 Å². The highest BCUT2D eigenvalue weighted by Crippen LogP contribution is 2.27. The summed E-state index contributed by atoms with van der Waals surface area (Å²) in [6.07, 6.45) is 5.06. The summed E-state index contributed by atoms with van der Waals surface area (Å²) in [5.41, 5.74) is 3.31. The number of hydrogen-bond acceptors (Lipinski definition) is 0. The van der Waals surface area contributed by atoms with Crippen molar-refractivity contribution in [2.45, 2.75) is 13.3 Å². The predicted molar refractivity (Wildman–Crippen MR) is 87.8 cm³/mol. The van der Waals surface area contributed by atoms with Crippen molar-refractivity contribution in [2.75, 3.05) is 0 Å². The van der Waals surface area contributed by atoms with Gasteiger partial charge in [-0.2, -0.15) is 0 Å². The Hall–Kier alpha value is -2.48. The first-order valence-electron chi connectivity index (χ1n) is 7.27. The van der Waals surface area contributed by atoms with Gasteiger partial charge >= 0.3 is 0 Å². The second-order valence-corrected chi connectivity index (χ2v) is 5.27. The highest BCUT2D eigenvalue weighted by atomic mass is 19.2. The van der Waals surface area contributed by atoms with Gasteiger partial charge in [-0.25, -0.2) is 8.78 Å². The molecule has 3 aromatic carbocycles. The van der Waals surface area contributed by atoms with E-state index in [-0.39, 0.29) is 0 Å². The van der Waals surface area contributed by atoms with Gasteiger partial charge in [0.25, 0.3) is 0 Å². The molecule has 0 spiro atoms. The number of allylic oxidation sites excluding steroid dienone is 2. The van der Waals surface area contributed by atoms with Gasteiger partial charge in [-0.1, -0.05) is 54.6 Å². The molecule has 2 heteroatoms. The first-order chi connectivity index (χ1) is 10.7. The summed E-state index contributed by atoms with van der Waals surface area (Å²) < 4.78 is 27.0. The Labute approximate surface area is 128 Å². The molecule has 0 radical (unpaired) electrons. The van der Waals surface area contributed by atoms with Crippen molar-refractivity contribution in [2.24, 2.45) is 0 Å². The maximum absolute atomic E-state index is 13.7. The Morgan fingerprint density at radius 1 is 0.864 bits per heavy atom. The van der Waals surface area contributed by atoms with Gasteiger partial charge in [0.15, 0.2) is 11.6 Å². The highest BCUT2D eigenvalue weighted by molar-refractivity contribution is 5.87. The minimum absolute atomic E-state index is 0.313. The minimum atomic E-state index is -0.811. The van der Waals surface area contributed by atoms with Crippen molar-refractivity contribution in [1.29, 1.82) is 0 Å². The fourth-order valence-electron chi connectivity index (χ4n) is 2.53. The Morgan fingerprint density at radius 3 is 2.32 bits per heavy atom. The molecule has 110 valence electrons. The summed E-state index contributed by atoms with van der Waals surface area (Å²) in [6.45, 7) is 2.01. The molecule has 0 bridgehead atoms. The average molecular weight is 294 g/mol. The van der Waals surface area contributed by atoms with Gasteiger partial charge in [0.1, 0.15) is 0 Å². The summed E-state index contributed by atoms with van der Waals surface area (Å²) in [5.74, 6) is -1.60. The van der Waals surface area contributed by atoms with Gasteiger partial charge in [-0.3, -0.25) is 0 Å². The zero-order valence-corrected chi connectivity index (χ0v) is 12.3. The highest BCUT2D eigenvalue weighted by Gasteiger charge is 2.08. The largest absolute Gasteiger partial charge is 0.204 e. The molecule has 0 N–H and O–H groups in total. The molecule has 0 aliphatic rings. The van der Waals surface area contributed by atoms with E-state index in [1.54, 1.807) is 12.1 Å². The lowest BCUT2D eigenvalue weighted by Gasteiger charge is -2.06. The van der Waals surface area contributed by atoms with Gasteiger partial charge in [0.2, 0.25) is 0 Å². The topological polar surface area (TPSA) is 0 Å². The third-order valence-corrected chi connectivity index (χ3v) is 3.78. The molecule has 0 nitrogen and oxygen atoms in total. The van der Waals surface area contributed by atoms with Gasteiger partial charge in [0.05, 0.1) is 0 Å².